The summed E-state index contributed by atoms with van der Waals surface area (Å²) in [5.41, 5.74) is 2.40. The van der Waals surface area contributed by atoms with E-state index in [-0.39, 0.29) is 6.61 Å². The maximum Gasteiger partial charge on any atom is 0.408 e. The predicted molar refractivity (Wildman–Crippen MR) is 73.0 cm³/mol. The summed E-state index contributed by atoms with van der Waals surface area (Å²) in [7, 11) is 0. The molecule has 0 aliphatic carbocycles. The van der Waals surface area contributed by atoms with E-state index in [4.69, 9.17) is 9.94 Å². The molecule has 0 spiro atoms. The SMILES string of the molecule is CCCCC(NC(=O)OCc1ccccc1)C(=O)NO. The van der Waals surface area contributed by atoms with Crippen molar-refractivity contribution >= 4 is 12.0 Å². The largest absolute Gasteiger partial charge is 0.445 e. The van der Waals surface area contributed by atoms with Gasteiger partial charge in [-0.3, -0.25) is 10.0 Å². The number of carbonyl (C=O) groups is 2. The van der Waals surface area contributed by atoms with Crippen LogP contribution in [0.5, 0.6) is 0 Å². The maximum atomic E-state index is 11.6. The van der Waals surface area contributed by atoms with Gasteiger partial charge in [0.15, 0.2) is 0 Å². The van der Waals surface area contributed by atoms with Crippen LogP contribution in [0.25, 0.3) is 0 Å². The summed E-state index contributed by atoms with van der Waals surface area (Å²) in [5.74, 6) is -0.643. The molecule has 6 heteroatoms. The van der Waals surface area contributed by atoms with E-state index in [1.165, 1.54) is 0 Å². The van der Waals surface area contributed by atoms with Gasteiger partial charge in [0.05, 0.1) is 0 Å². The molecule has 6 nitrogen and oxygen atoms in total. The molecule has 2 amide bonds. The third-order valence-electron chi connectivity index (χ3n) is 2.78. The van der Waals surface area contributed by atoms with E-state index in [0.29, 0.717) is 6.42 Å². The number of alkyl carbamates (subject to hydrolysis) is 1. The van der Waals surface area contributed by atoms with Crippen molar-refractivity contribution in [1.82, 2.24) is 10.8 Å². The first kappa shape index (κ1) is 16.0. The first-order valence-electron chi connectivity index (χ1n) is 6.58. The van der Waals surface area contributed by atoms with Crippen LogP contribution in [-0.2, 0) is 16.1 Å². The summed E-state index contributed by atoms with van der Waals surface area (Å²) >= 11 is 0. The number of carbonyl (C=O) groups excluding carboxylic acids is 2. The normalized spacial score (nSPS) is 11.5. The van der Waals surface area contributed by atoms with Gasteiger partial charge in [-0.15, -0.1) is 0 Å². The molecular formula is C14H20N2O4. The lowest BCUT2D eigenvalue weighted by Gasteiger charge is -2.16. The number of unbranched alkanes of at least 4 members (excludes halogenated alkanes) is 1. The molecule has 1 atom stereocenters. The van der Waals surface area contributed by atoms with Crippen LogP contribution in [0.3, 0.4) is 0 Å². The Labute approximate surface area is 118 Å². The molecule has 0 aliphatic rings. The number of amides is 2. The molecule has 0 radical (unpaired) electrons. The van der Waals surface area contributed by atoms with Gasteiger partial charge in [-0.25, -0.2) is 10.3 Å². The number of ether oxygens (including phenoxy) is 1. The zero-order valence-corrected chi connectivity index (χ0v) is 11.5. The van der Waals surface area contributed by atoms with Gasteiger partial charge < -0.3 is 10.1 Å². The monoisotopic (exact) mass is 280 g/mol. The molecule has 0 saturated heterocycles. The molecule has 1 rings (SSSR count). The van der Waals surface area contributed by atoms with Crippen molar-refractivity contribution < 1.29 is 19.5 Å². The van der Waals surface area contributed by atoms with E-state index < -0.39 is 18.0 Å². The Morgan fingerprint density at radius 1 is 1.30 bits per heavy atom. The summed E-state index contributed by atoms with van der Waals surface area (Å²) < 4.78 is 5.02. The second-order valence-electron chi connectivity index (χ2n) is 4.38. The zero-order chi connectivity index (χ0) is 14.8. The minimum Gasteiger partial charge on any atom is -0.445 e. The average Bonchev–Trinajstić information content (AvgIpc) is 2.49. The van der Waals surface area contributed by atoms with Crippen molar-refractivity contribution in [2.24, 2.45) is 0 Å². The van der Waals surface area contributed by atoms with Crippen molar-refractivity contribution in [2.45, 2.75) is 38.8 Å². The number of benzene rings is 1. The fraction of sp³-hybridized carbons (Fsp3) is 0.429. The molecule has 20 heavy (non-hydrogen) atoms. The molecule has 1 aromatic rings. The minimum absolute atomic E-state index is 0.133. The Balaban J connectivity index is 2.43. The highest BCUT2D eigenvalue weighted by Crippen LogP contribution is 2.03. The fourth-order valence-electron chi connectivity index (χ4n) is 1.66. The second kappa shape index (κ2) is 8.92. The fourth-order valence-corrected chi connectivity index (χ4v) is 1.66. The third kappa shape index (κ3) is 5.71. The molecule has 110 valence electrons. The Morgan fingerprint density at radius 3 is 2.60 bits per heavy atom. The first-order valence-corrected chi connectivity index (χ1v) is 6.58. The van der Waals surface area contributed by atoms with Crippen LogP contribution in [0.15, 0.2) is 30.3 Å². The predicted octanol–water partition coefficient (Wildman–Crippen LogP) is 1.98. The van der Waals surface area contributed by atoms with Gasteiger partial charge >= 0.3 is 6.09 Å². The minimum atomic E-state index is -0.789. The smallest absolute Gasteiger partial charge is 0.408 e. The van der Waals surface area contributed by atoms with Gasteiger partial charge in [-0.1, -0.05) is 50.1 Å². The molecule has 0 aromatic heterocycles. The van der Waals surface area contributed by atoms with Crippen molar-refractivity contribution in [1.29, 1.82) is 0 Å². The molecule has 0 bridgehead atoms. The second-order valence-corrected chi connectivity index (χ2v) is 4.38. The molecule has 0 fully saturated rings. The highest BCUT2D eigenvalue weighted by atomic mass is 16.5. The Bertz CT molecular complexity index is 422. The third-order valence-corrected chi connectivity index (χ3v) is 2.78. The van der Waals surface area contributed by atoms with Crippen LogP contribution in [0.2, 0.25) is 0 Å². The van der Waals surface area contributed by atoms with Crippen molar-refractivity contribution in [2.75, 3.05) is 0 Å². The van der Waals surface area contributed by atoms with E-state index in [1.807, 2.05) is 37.3 Å². The molecular weight excluding hydrogens is 260 g/mol. The lowest BCUT2D eigenvalue weighted by atomic mass is 10.1. The van der Waals surface area contributed by atoms with Gasteiger partial charge in [0.25, 0.3) is 5.91 Å². The van der Waals surface area contributed by atoms with Crippen LogP contribution in [0.1, 0.15) is 31.7 Å². The number of nitrogens with one attached hydrogen (secondary N) is 2. The highest BCUT2D eigenvalue weighted by molar-refractivity contribution is 5.84. The molecule has 3 N–H and O–H groups in total. The van der Waals surface area contributed by atoms with Gasteiger partial charge in [0.2, 0.25) is 0 Å². The zero-order valence-electron chi connectivity index (χ0n) is 11.5. The van der Waals surface area contributed by atoms with Crippen molar-refractivity contribution in [3.8, 4) is 0 Å². The lowest BCUT2D eigenvalue weighted by Crippen LogP contribution is -2.46. The van der Waals surface area contributed by atoms with E-state index in [0.717, 1.165) is 18.4 Å². The standard InChI is InChI=1S/C14H20N2O4/c1-2-3-9-12(13(17)16-19)15-14(18)20-10-11-7-5-4-6-8-11/h4-8,12,19H,2-3,9-10H2,1H3,(H,15,18)(H,16,17). The molecule has 0 saturated carbocycles. The van der Waals surface area contributed by atoms with Gasteiger partial charge in [0.1, 0.15) is 12.6 Å². The Hall–Kier alpha value is -2.08. The molecule has 0 heterocycles. The molecule has 1 unspecified atom stereocenters. The average molecular weight is 280 g/mol. The number of hydroxylamine groups is 1. The molecule has 0 aliphatic heterocycles. The summed E-state index contributed by atoms with van der Waals surface area (Å²) in [5, 5.41) is 11.1. The van der Waals surface area contributed by atoms with Crippen LogP contribution in [0.4, 0.5) is 4.79 Å². The van der Waals surface area contributed by atoms with E-state index in [1.54, 1.807) is 5.48 Å². The van der Waals surface area contributed by atoms with Crippen LogP contribution >= 0.6 is 0 Å². The Morgan fingerprint density at radius 2 is 2.00 bits per heavy atom. The lowest BCUT2D eigenvalue weighted by molar-refractivity contribution is -0.131. The van der Waals surface area contributed by atoms with Crippen LogP contribution < -0.4 is 10.8 Å². The quantitative estimate of drug-likeness (QED) is 0.526. The van der Waals surface area contributed by atoms with Gasteiger partial charge in [-0.05, 0) is 12.0 Å². The van der Waals surface area contributed by atoms with Gasteiger partial charge in [0, 0.05) is 0 Å². The van der Waals surface area contributed by atoms with Crippen LogP contribution in [0, 0.1) is 0 Å². The number of hydrogen-bond acceptors (Lipinski definition) is 4. The summed E-state index contributed by atoms with van der Waals surface area (Å²) in [4.78, 5) is 23.0. The van der Waals surface area contributed by atoms with Crippen molar-refractivity contribution in [3.05, 3.63) is 35.9 Å². The maximum absolute atomic E-state index is 11.6. The summed E-state index contributed by atoms with van der Waals surface area (Å²) in [6.07, 6.45) is 1.41. The topological polar surface area (TPSA) is 87.7 Å². The summed E-state index contributed by atoms with van der Waals surface area (Å²) in [6, 6.07) is 8.45. The number of hydrogen-bond donors (Lipinski definition) is 3. The molecule has 1 aromatic carbocycles. The Kier molecular flexibility index (Phi) is 7.13. The van der Waals surface area contributed by atoms with Crippen molar-refractivity contribution in [3.63, 3.8) is 0 Å². The first-order chi connectivity index (χ1) is 9.67. The van der Waals surface area contributed by atoms with Crippen LogP contribution in [-0.4, -0.2) is 23.2 Å². The number of rotatable bonds is 7. The van der Waals surface area contributed by atoms with Gasteiger partial charge in [-0.2, -0.15) is 0 Å². The summed E-state index contributed by atoms with van der Waals surface area (Å²) in [6.45, 7) is 2.11. The van der Waals surface area contributed by atoms with E-state index in [2.05, 4.69) is 5.32 Å². The van der Waals surface area contributed by atoms with E-state index >= 15 is 0 Å². The highest BCUT2D eigenvalue weighted by Gasteiger charge is 2.20. The van der Waals surface area contributed by atoms with E-state index in [9.17, 15) is 9.59 Å².